The molecule has 11 nitrogen and oxygen atoms in total. The Morgan fingerprint density at radius 3 is 2.41 bits per heavy atom. The summed E-state index contributed by atoms with van der Waals surface area (Å²) in [7, 11) is 1.37. The van der Waals surface area contributed by atoms with Crippen molar-refractivity contribution in [1.29, 1.82) is 0 Å². The van der Waals surface area contributed by atoms with Gasteiger partial charge in [-0.15, -0.1) is 0 Å². The number of amides is 4. The number of Topliss-reactive ketones (excluding diaryl/α,β-unsaturated/α-hetero) is 1. The Labute approximate surface area is 275 Å². The number of likely N-dealkylation sites (N-methyl/N-ethyl adjacent to an activating group) is 1. The highest BCUT2D eigenvalue weighted by Crippen LogP contribution is 2.45. The molecule has 2 aliphatic heterocycles. The first-order valence-electron chi connectivity index (χ1n) is 16.3. The second-order valence-electron chi connectivity index (χ2n) is 14.9. The number of likely N-dealkylation sites (tertiary alicyclic amines) is 1. The molecule has 250 valence electrons. The largest absolute Gasteiger partial charge is 0.387 e. The minimum absolute atomic E-state index is 0.0503. The summed E-state index contributed by atoms with van der Waals surface area (Å²) >= 11 is 6.23. The van der Waals surface area contributed by atoms with Gasteiger partial charge in [-0.3, -0.25) is 24.0 Å². The van der Waals surface area contributed by atoms with Crippen LogP contribution >= 0.6 is 11.6 Å². The number of benzene rings is 1. The van der Waals surface area contributed by atoms with Crippen molar-refractivity contribution >= 4 is 46.7 Å². The van der Waals surface area contributed by atoms with Gasteiger partial charge in [0.05, 0.1) is 18.3 Å². The van der Waals surface area contributed by atoms with Crippen molar-refractivity contribution in [2.75, 3.05) is 13.6 Å². The van der Waals surface area contributed by atoms with Crippen molar-refractivity contribution in [3.05, 3.63) is 34.9 Å². The van der Waals surface area contributed by atoms with E-state index in [0.717, 1.165) is 24.8 Å². The Bertz CT molecular complexity index is 1430. The van der Waals surface area contributed by atoms with E-state index in [1.165, 1.54) is 11.9 Å². The summed E-state index contributed by atoms with van der Waals surface area (Å²) in [5, 5.41) is 13.1. The molecule has 2 aliphatic carbocycles. The van der Waals surface area contributed by atoms with Gasteiger partial charge in [-0.05, 0) is 48.1 Å². The molecule has 4 amide bonds. The fraction of sp³-hybridized carbons (Fsp3) is 0.647. The van der Waals surface area contributed by atoms with Crippen LogP contribution in [0.3, 0.4) is 0 Å². The number of ketones is 1. The zero-order chi connectivity index (χ0) is 33.6. The highest BCUT2D eigenvalue weighted by molar-refractivity contribution is 6.38. The second kappa shape index (κ2) is 13.0. The van der Waals surface area contributed by atoms with Crippen LogP contribution in [-0.4, -0.2) is 77.3 Å². The molecular formula is C34H46ClN5O6. The summed E-state index contributed by atoms with van der Waals surface area (Å²) in [4.78, 5) is 74.7. The van der Waals surface area contributed by atoms with Gasteiger partial charge in [-0.25, -0.2) is 0 Å². The molecule has 4 aliphatic rings. The first-order valence-corrected chi connectivity index (χ1v) is 16.7. The first kappa shape index (κ1) is 33.9. The van der Waals surface area contributed by atoms with Gasteiger partial charge in [0, 0.05) is 36.4 Å². The Hall–Kier alpha value is -3.47. The zero-order valence-electron chi connectivity index (χ0n) is 27.5. The first-order chi connectivity index (χ1) is 21.6. The van der Waals surface area contributed by atoms with Crippen LogP contribution in [0.1, 0.15) is 78.7 Å². The monoisotopic (exact) mass is 655 g/mol. The van der Waals surface area contributed by atoms with Crippen molar-refractivity contribution in [1.82, 2.24) is 20.9 Å². The van der Waals surface area contributed by atoms with Crippen LogP contribution < -0.4 is 16.0 Å². The number of hydrogen-bond acceptors (Lipinski definition) is 7. The molecule has 1 unspecified atom stereocenters. The smallest absolute Gasteiger partial charge is 0.289 e. The third-order valence-corrected chi connectivity index (χ3v) is 10.0. The lowest BCUT2D eigenvalue weighted by Gasteiger charge is -2.35. The molecule has 0 radical (unpaired) electrons. The summed E-state index contributed by atoms with van der Waals surface area (Å²) in [5.41, 5.74) is -0.252. The SMILES string of the molecule is CNC(=O)C(=O)[C@H](CC1CC1)NC(=O)[C@@H]1C[C@]2(CC(c3cccc(Cl)c3)=NO2)CN1C(=O)[C@@H](NC(=O)C1C[C@@H]1C(C)C)C(C)(C)C. The van der Waals surface area contributed by atoms with Crippen LogP contribution in [0.5, 0.6) is 0 Å². The van der Waals surface area contributed by atoms with Crippen molar-refractivity contribution < 1.29 is 28.8 Å². The van der Waals surface area contributed by atoms with Crippen LogP contribution in [0.15, 0.2) is 29.4 Å². The van der Waals surface area contributed by atoms with Crippen molar-refractivity contribution in [3.8, 4) is 0 Å². The molecule has 1 spiro atoms. The maximum Gasteiger partial charge on any atom is 0.289 e. The highest BCUT2D eigenvalue weighted by atomic mass is 35.5. The summed E-state index contributed by atoms with van der Waals surface area (Å²) in [5.74, 6) is -1.88. The molecule has 3 N–H and O–H groups in total. The number of hydrogen-bond donors (Lipinski definition) is 3. The van der Waals surface area contributed by atoms with E-state index in [0.29, 0.717) is 29.5 Å². The van der Waals surface area contributed by atoms with E-state index in [1.54, 1.807) is 12.1 Å². The zero-order valence-corrected chi connectivity index (χ0v) is 28.3. The van der Waals surface area contributed by atoms with Gasteiger partial charge in [0.2, 0.25) is 23.5 Å². The quantitative estimate of drug-likeness (QED) is 0.312. The molecule has 5 rings (SSSR count). The van der Waals surface area contributed by atoms with E-state index < -0.39 is 52.6 Å². The van der Waals surface area contributed by atoms with Gasteiger partial charge < -0.3 is 25.7 Å². The fourth-order valence-electron chi connectivity index (χ4n) is 6.74. The second-order valence-corrected chi connectivity index (χ2v) is 15.4. The Morgan fingerprint density at radius 1 is 1.11 bits per heavy atom. The minimum atomic E-state index is -1.02. The molecular weight excluding hydrogens is 610 g/mol. The van der Waals surface area contributed by atoms with Crippen LogP contribution in [0.4, 0.5) is 0 Å². The standard InChI is InChI=1S/C34H46ClN5O6/c1-18(2)22-14-23(22)29(42)38-28(33(3,4)5)32(45)40-17-34(15-25(39-46-34)20-8-7-9-21(35)13-20)16-26(40)30(43)37-24(12-19-10-11-19)27(41)31(44)36-6/h7-9,13,18-19,22-24,26,28H,10-12,14-17H2,1-6H3,(H,36,44)(H,37,43)(H,38,42)/t22-,23?,24+,26+,28-,34-/m1/s1. The molecule has 6 atom stereocenters. The van der Waals surface area contributed by atoms with E-state index in [4.69, 9.17) is 16.4 Å². The number of nitrogens with one attached hydrogen (secondary N) is 3. The molecule has 3 fully saturated rings. The summed E-state index contributed by atoms with van der Waals surface area (Å²) in [6.45, 7) is 9.86. The molecule has 0 aromatic heterocycles. The van der Waals surface area contributed by atoms with Crippen molar-refractivity contribution in [2.24, 2.45) is 34.2 Å². The maximum absolute atomic E-state index is 14.5. The average Bonchev–Trinajstić information content (AvgIpc) is 3.92. The predicted molar refractivity (Wildman–Crippen MR) is 173 cm³/mol. The lowest BCUT2D eigenvalue weighted by molar-refractivity contribution is -0.145. The number of halogens is 1. The predicted octanol–water partition coefficient (Wildman–Crippen LogP) is 3.23. The molecule has 1 aromatic rings. The molecule has 12 heteroatoms. The number of nitrogens with zero attached hydrogens (tertiary/aromatic N) is 2. The summed E-state index contributed by atoms with van der Waals surface area (Å²) in [6.07, 6.45) is 3.42. The third-order valence-electron chi connectivity index (χ3n) is 9.76. The maximum atomic E-state index is 14.5. The Morgan fingerprint density at radius 2 is 1.83 bits per heavy atom. The van der Waals surface area contributed by atoms with Crippen molar-refractivity contribution in [2.45, 2.75) is 96.9 Å². The number of carbonyl (C=O) groups excluding carboxylic acids is 5. The fourth-order valence-corrected chi connectivity index (χ4v) is 6.93. The van der Waals surface area contributed by atoms with E-state index in [-0.39, 0.29) is 36.6 Å². The topological polar surface area (TPSA) is 146 Å². The van der Waals surface area contributed by atoms with Gasteiger partial charge >= 0.3 is 0 Å². The number of rotatable bonds is 11. The molecule has 46 heavy (non-hydrogen) atoms. The number of carbonyl (C=O) groups is 5. The lowest BCUT2D eigenvalue weighted by atomic mass is 9.85. The Kier molecular flexibility index (Phi) is 9.55. The Balaban J connectivity index is 1.41. The highest BCUT2D eigenvalue weighted by Gasteiger charge is 2.56. The molecule has 0 bridgehead atoms. The molecule has 1 saturated heterocycles. The molecule has 1 aromatic carbocycles. The van der Waals surface area contributed by atoms with Crippen molar-refractivity contribution in [3.63, 3.8) is 0 Å². The van der Waals surface area contributed by atoms with Crippen LogP contribution in [0.2, 0.25) is 5.02 Å². The van der Waals surface area contributed by atoms with Crippen LogP contribution in [0.25, 0.3) is 0 Å². The summed E-state index contributed by atoms with van der Waals surface area (Å²) < 4.78 is 0. The van der Waals surface area contributed by atoms with Crippen LogP contribution in [-0.2, 0) is 28.8 Å². The van der Waals surface area contributed by atoms with Crippen LogP contribution in [0, 0.1) is 29.1 Å². The van der Waals surface area contributed by atoms with E-state index in [1.807, 2.05) is 32.9 Å². The molecule has 2 saturated carbocycles. The van der Waals surface area contributed by atoms with Gasteiger partial charge in [0.15, 0.2) is 5.60 Å². The lowest BCUT2D eigenvalue weighted by Crippen LogP contribution is -2.59. The third kappa shape index (κ3) is 7.40. The summed E-state index contributed by atoms with van der Waals surface area (Å²) in [6, 6.07) is 4.28. The van der Waals surface area contributed by atoms with Gasteiger partial charge in [-0.2, -0.15) is 0 Å². The van der Waals surface area contributed by atoms with Gasteiger partial charge in [0.1, 0.15) is 12.1 Å². The minimum Gasteiger partial charge on any atom is -0.387 e. The number of oxime groups is 1. The molecule has 2 heterocycles. The average molecular weight is 656 g/mol. The van der Waals surface area contributed by atoms with Gasteiger partial charge in [-0.1, -0.05) is 76.3 Å². The van der Waals surface area contributed by atoms with E-state index >= 15 is 0 Å². The van der Waals surface area contributed by atoms with E-state index in [2.05, 4.69) is 35.0 Å². The normalized spacial score (nSPS) is 26.7. The van der Waals surface area contributed by atoms with E-state index in [9.17, 15) is 24.0 Å². The van der Waals surface area contributed by atoms with Gasteiger partial charge in [0.25, 0.3) is 5.91 Å².